The van der Waals surface area contributed by atoms with Gasteiger partial charge in [-0.1, -0.05) is 65.5 Å². The Kier molecular flexibility index (Phi) is 4.25. The third-order valence-corrected chi connectivity index (χ3v) is 3.37. The van der Waals surface area contributed by atoms with Gasteiger partial charge in [-0.05, 0) is 29.7 Å². The largest absolute Gasteiger partial charge is 0.594 e. The molecule has 0 atom stereocenters. The molecule has 0 aliphatic rings. The van der Waals surface area contributed by atoms with Crippen LogP contribution in [0.15, 0.2) is 90.0 Å². The minimum atomic E-state index is 0.528. The molecule has 0 bridgehead atoms. The molecule has 3 heteroatoms. The lowest BCUT2D eigenvalue weighted by Gasteiger charge is -2.03. The van der Waals surface area contributed by atoms with Crippen molar-refractivity contribution >= 4 is 11.4 Å². The lowest BCUT2D eigenvalue weighted by molar-refractivity contribution is -0.435. The molecular weight excluding hydrogens is 272 g/mol. The number of hydrogen-bond acceptors (Lipinski definition) is 2. The molecule has 0 saturated carbocycles. The molecule has 0 heterocycles. The average molecular weight is 288 g/mol. The van der Waals surface area contributed by atoms with Gasteiger partial charge in [0.15, 0.2) is 0 Å². The fourth-order valence-corrected chi connectivity index (χ4v) is 2.23. The quantitative estimate of drug-likeness (QED) is 0.369. The van der Waals surface area contributed by atoms with Crippen molar-refractivity contribution < 1.29 is 4.86 Å². The molecule has 3 nitrogen and oxygen atoms in total. The summed E-state index contributed by atoms with van der Waals surface area (Å²) < 4.78 is 0. The normalized spacial score (nSPS) is 11.4. The summed E-state index contributed by atoms with van der Waals surface area (Å²) in [4.78, 5) is 0.654. The van der Waals surface area contributed by atoms with E-state index in [1.54, 1.807) is 24.3 Å². The molecule has 108 valence electrons. The van der Waals surface area contributed by atoms with E-state index in [0.29, 0.717) is 16.2 Å². The predicted octanol–water partition coefficient (Wildman–Crippen LogP) is 5.20. The van der Waals surface area contributed by atoms with Crippen LogP contribution in [0.3, 0.4) is 0 Å². The molecule has 0 fully saturated rings. The van der Waals surface area contributed by atoms with Gasteiger partial charge in [-0.25, -0.2) is 0 Å². The van der Waals surface area contributed by atoms with Gasteiger partial charge in [0.1, 0.15) is 5.69 Å². The first-order valence-electron chi connectivity index (χ1n) is 7.18. The van der Waals surface area contributed by atoms with Gasteiger partial charge < -0.3 is 5.21 Å². The Morgan fingerprint density at radius 3 is 1.86 bits per heavy atom. The van der Waals surface area contributed by atoms with Crippen LogP contribution in [0.2, 0.25) is 0 Å². The van der Waals surface area contributed by atoms with Crippen molar-refractivity contribution in [3.63, 3.8) is 0 Å². The Morgan fingerprint density at radius 1 is 0.682 bits per heavy atom. The fourth-order valence-electron chi connectivity index (χ4n) is 2.23. The Morgan fingerprint density at radius 2 is 1.23 bits per heavy atom. The average Bonchev–Trinajstić information content (AvgIpc) is 2.57. The van der Waals surface area contributed by atoms with Crippen LogP contribution in [0.1, 0.15) is 11.1 Å². The summed E-state index contributed by atoms with van der Waals surface area (Å²) in [5.41, 5.74) is 3.60. The van der Waals surface area contributed by atoms with E-state index in [1.165, 1.54) is 11.1 Å². The van der Waals surface area contributed by atoms with Crippen LogP contribution in [0.4, 0.5) is 11.4 Å². The summed E-state index contributed by atoms with van der Waals surface area (Å²) in [5, 5.41) is 16.1. The van der Waals surface area contributed by atoms with Gasteiger partial charge in [0.25, 0.3) is 0 Å². The van der Waals surface area contributed by atoms with Crippen molar-refractivity contribution in [2.24, 2.45) is 5.11 Å². The Labute approximate surface area is 129 Å². The van der Waals surface area contributed by atoms with Gasteiger partial charge in [-0.2, -0.15) is 0 Å². The molecule has 3 aromatic carbocycles. The Hall–Kier alpha value is -2.94. The molecule has 0 aromatic heterocycles. The molecule has 0 spiro atoms. The number of hydrogen-bond donors (Lipinski definition) is 0. The third kappa shape index (κ3) is 3.58. The van der Waals surface area contributed by atoms with E-state index in [1.807, 2.05) is 48.5 Å². The topological polar surface area (TPSA) is 38.4 Å². The summed E-state index contributed by atoms with van der Waals surface area (Å²) >= 11 is 0. The highest BCUT2D eigenvalue weighted by molar-refractivity contribution is 5.37. The van der Waals surface area contributed by atoms with Crippen molar-refractivity contribution in [2.45, 2.75) is 6.42 Å². The smallest absolute Gasteiger partial charge is 0.244 e. The number of benzene rings is 3. The Bertz CT molecular complexity index is 750. The molecule has 3 aromatic rings. The number of rotatable bonds is 4. The first kappa shape index (κ1) is 14.0. The van der Waals surface area contributed by atoms with Crippen LogP contribution in [0.5, 0.6) is 0 Å². The van der Waals surface area contributed by atoms with Crippen LogP contribution >= 0.6 is 0 Å². The highest BCUT2D eigenvalue weighted by Crippen LogP contribution is 2.18. The van der Waals surface area contributed by atoms with Crippen LogP contribution < -0.4 is 0 Å². The summed E-state index contributed by atoms with van der Waals surface area (Å²) in [5.74, 6) is 0. The highest BCUT2D eigenvalue weighted by atomic mass is 16.5. The molecule has 3 rings (SSSR count). The van der Waals surface area contributed by atoms with E-state index in [2.05, 4.69) is 17.2 Å². The number of nitrogens with zero attached hydrogens (tertiary/aromatic N) is 2. The maximum Gasteiger partial charge on any atom is 0.244 e. The first-order valence-corrected chi connectivity index (χ1v) is 7.18. The summed E-state index contributed by atoms with van der Waals surface area (Å²) in [6.45, 7) is 0. The molecular formula is C19H16N2O. The fraction of sp³-hybridized carbons (Fsp3) is 0.0526. The molecule has 0 aliphatic heterocycles. The second kappa shape index (κ2) is 6.68. The molecule has 0 aliphatic carbocycles. The Balaban J connectivity index is 1.75. The van der Waals surface area contributed by atoms with Crippen molar-refractivity contribution in [1.29, 1.82) is 0 Å². The lowest BCUT2D eigenvalue weighted by atomic mass is 10.1. The molecule has 22 heavy (non-hydrogen) atoms. The molecule has 0 amide bonds. The van der Waals surface area contributed by atoms with Gasteiger partial charge in [-0.15, -0.1) is 0 Å². The van der Waals surface area contributed by atoms with Gasteiger partial charge in [0, 0.05) is 17.2 Å². The minimum absolute atomic E-state index is 0.528. The van der Waals surface area contributed by atoms with Crippen molar-refractivity contribution in [1.82, 2.24) is 0 Å². The number of azo groups is 1. The van der Waals surface area contributed by atoms with Crippen LogP contribution in [0, 0.1) is 5.21 Å². The van der Waals surface area contributed by atoms with E-state index < -0.39 is 0 Å². The second-order valence-corrected chi connectivity index (χ2v) is 5.04. The summed E-state index contributed by atoms with van der Waals surface area (Å²) in [6, 6.07) is 27.0. The van der Waals surface area contributed by atoms with Gasteiger partial charge in [-0.3, -0.25) is 0 Å². The molecule has 0 saturated heterocycles. The lowest BCUT2D eigenvalue weighted by Crippen LogP contribution is -1.92. The van der Waals surface area contributed by atoms with Gasteiger partial charge in [0.2, 0.25) is 5.69 Å². The zero-order valence-corrected chi connectivity index (χ0v) is 12.1. The van der Waals surface area contributed by atoms with E-state index in [-0.39, 0.29) is 0 Å². The minimum Gasteiger partial charge on any atom is -0.594 e. The zero-order valence-electron chi connectivity index (χ0n) is 12.1. The molecule has 0 radical (unpaired) electrons. The highest BCUT2D eigenvalue weighted by Gasteiger charge is 2.04. The van der Waals surface area contributed by atoms with Gasteiger partial charge in [0.05, 0.1) is 0 Å². The van der Waals surface area contributed by atoms with Crippen molar-refractivity contribution in [3.05, 3.63) is 101 Å². The SMILES string of the molecule is [O-][N+](=Nc1ccccc1)c1ccc(Cc2ccccc2)cc1. The molecule has 0 N–H and O–H groups in total. The van der Waals surface area contributed by atoms with Crippen molar-refractivity contribution in [2.75, 3.05) is 0 Å². The van der Waals surface area contributed by atoms with E-state index in [4.69, 9.17) is 0 Å². The third-order valence-electron chi connectivity index (χ3n) is 3.37. The standard InChI is InChI=1S/C19H16N2O/c22-21(20-18-9-5-2-6-10-18)19-13-11-17(12-14-19)15-16-7-3-1-4-8-16/h1-14H,15H2. The van der Waals surface area contributed by atoms with E-state index in [0.717, 1.165) is 6.42 Å². The van der Waals surface area contributed by atoms with Gasteiger partial charge >= 0.3 is 0 Å². The zero-order chi connectivity index (χ0) is 15.2. The maximum atomic E-state index is 12.0. The van der Waals surface area contributed by atoms with Crippen LogP contribution in [-0.2, 0) is 6.42 Å². The van der Waals surface area contributed by atoms with E-state index >= 15 is 0 Å². The first-order chi connectivity index (χ1) is 10.8. The monoisotopic (exact) mass is 288 g/mol. The second-order valence-electron chi connectivity index (χ2n) is 5.04. The maximum absolute atomic E-state index is 12.0. The predicted molar refractivity (Wildman–Crippen MR) is 87.5 cm³/mol. The summed E-state index contributed by atoms with van der Waals surface area (Å²) in [6.07, 6.45) is 0.857. The van der Waals surface area contributed by atoms with Crippen LogP contribution in [0.25, 0.3) is 0 Å². The summed E-state index contributed by atoms with van der Waals surface area (Å²) in [7, 11) is 0. The van der Waals surface area contributed by atoms with Crippen LogP contribution in [-0.4, -0.2) is 4.86 Å². The van der Waals surface area contributed by atoms with Crippen molar-refractivity contribution in [3.8, 4) is 0 Å². The van der Waals surface area contributed by atoms with E-state index in [9.17, 15) is 5.21 Å². The molecule has 0 unspecified atom stereocenters.